The third kappa shape index (κ3) is 4.75. The first kappa shape index (κ1) is 14.0. The summed E-state index contributed by atoms with van der Waals surface area (Å²) in [4.78, 5) is 22.9. The summed E-state index contributed by atoms with van der Waals surface area (Å²) in [5.74, 6) is -0.960. The number of hydrogen-bond acceptors (Lipinski definition) is 2. The quantitative estimate of drug-likeness (QED) is 0.726. The van der Waals surface area contributed by atoms with Gasteiger partial charge in [0.1, 0.15) is 6.04 Å². The summed E-state index contributed by atoms with van der Waals surface area (Å²) in [6.07, 6.45) is 7.65. The van der Waals surface area contributed by atoms with Crippen LogP contribution in [-0.4, -0.2) is 23.0 Å². The van der Waals surface area contributed by atoms with Crippen LogP contribution in [0.2, 0.25) is 0 Å². The molecule has 98 valence electrons. The highest BCUT2D eigenvalue weighted by Crippen LogP contribution is 2.23. The summed E-state index contributed by atoms with van der Waals surface area (Å²) in [7, 11) is 0. The Morgan fingerprint density at radius 1 is 1.24 bits per heavy atom. The first-order valence-electron chi connectivity index (χ1n) is 6.68. The number of nitrogens with one attached hydrogen (secondary N) is 1. The number of hydrogen-bond donors (Lipinski definition) is 2. The van der Waals surface area contributed by atoms with E-state index in [1.54, 1.807) is 0 Å². The highest BCUT2D eigenvalue weighted by atomic mass is 16.4. The second kappa shape index (κ2) is 7.30. The van der Waals surface area contributed by atoms with Crippen molar-refractivity contribution in [2.45, 2.75) is 64.3 Å². The van der Waals surface area contributed by atoms with Crippen molar-refractivity contribution in [3.05, 3.63) is 0 Å². The van der Waals surface area contributed by atoms with Gasteiger partial charge in [0.05, 0.1) is 0 Å². The third-order valence-corrected chi connectivity index (χ3v) is 3.42. The molecule has 1 amide bonds. The van der Waals surface area contributed by atoms with E-state index in [2.05, 4.69) is 5.32 Å². The van der Waals surface area contributed by atoms with E-state index in [4.69, 9.17) is 5.11 Å². The Morgan fingerprint density at radius 3 is 2.29 bits per heavy atom. The van der Waals surface area contributed by atoms with Gasteiger partial charge in [-0.1, -0.05) is 39.0 Å². The van der Waals surface area contributed by atoms with Crippen LogP contribution in [0.1, 0.15) is 58.3 Å². The van der Waals surface area contributed by atoms with Crippen molar-refractivity contribution in [1.82, 2.24) is 5.32 Å². The molecule has 0 saturated heterocycles. The van der Waals surface area contributed by atoms with Gasteiger partial charge in [-0.05, 0) is 19.3 Å². The standard InChI is InChI=1S/C13H23NO3/c1-2-7-11(13(16)17)14-12(15)10-8-5-3-4-6-9-10/h10-11H,2-9H2,1H3,(H,14,15)(H,16,17)/t11-/m1/s1. The van der Waals surface area contributed by atoms with E-state index in [9.17, 15) is 9.59 Å². The molecule has 0 radical (unpaired) electrons. The molecule has 0 aromatic heterocycles. The SMILES string of the molecule is CCC[C@@H](NC(=O)C1CCCCCC1)C(=O)O. The number of aliphatic carboxylic acids is 1. The van der Waals surface area contributed by atoms with Crippen LogP contribution >= 0.6 is 0 Å². The van der Waals surface area contributed by atoms with Crippen LogP contribution in [-0.2, 0) is 9.59 Å². The Morgan fingerprint density at radius 2 is 1.82 bits per heavy atom. The van der Waals surface area contributed by atoms with Crippen LogP contribution in [0.5, 0.6) is 0 Å². The van der Waals surface area contributed by atoms with E-state index in [0.717, 1.165) is 32.1 Å². The van der Waals surface area contributed by atoms with Gasteiger partial charge in [0.2, 0.25) is 5.91 Å². The predicted molar refractivity (Wildman–Crippen MR) is 65.7 cm³/mol. The van der Waals surface area contributed by atoms with Gasteiger partial charge in [-0.3, -0.25) is 4.79 Å². The molecule has 17 heavy (non-hydrogen) atoms. The molecule has 1 atom stereocenters. The monoisotopic (exact) mass is 241 g/mol. The molecule has 1 saturated carbocycles. The van der Waals surface area contributed by atoms with Gasteiger partial charge in [-0.25, -0.2) is 4.79 Å². The largest absolute Gasteiger partial charge is 0.480 e. The molecular weight excluding hydrogens is 218 g/mol. The number of amides is 1. The zero-order valence-corrected chi connectivity index (χ0v) is 10.6. The second-order valence-corrected chi connectivity index (χ2v) is 4.88. The van der Waals surface area contributed by atoms with Crippen LogP contribution < -0.4 is 5.32 Å². The lowest BCUT2D eigenvalue weighted by molar-refractivity contribution is -0.142. The maximum absolute atomic E-state index is 12.0. The fraction of sp³-hybridized carbons (Fsp3) is 0.846. The lowest BCUT2D eigenvalue weighted by Gasteiger charge is -2.18. The molecule has 2 N–H and O–H groups in total. The van der Waals surface area contributed by atoms with Crippen molar-refractivity contribution in [2.75, 3.05) is 0 Å². The number of carboxylic acids is 1. The molecule has 0 bridgehead atoms. The number of carbonyl (C=O) groups is 2. The number of carboxylic acid groups (broad SMARTS) is 1. The van der Waals surface area contributed by atoms with Crippen LogP contribution in [0.3, 0.4) is 0 Å². The smallest absolute Gasteiger partial charge is 0.326 e. The van der Waals surface area contributed by atoms with E-state index >= 15 is 0 Å². The zero-order chi connectivity index (χ0) is 12.7. The van der Waals surface area contributed by atoms with Crippen LogP contribution in [0.15, 0.2) is 0 Å². The normalized spacial score (nSPS) is 19.4. The highest BCUT2D eigenvalue weighted by molar-refractivity contribution is 5.84. The summed E-state index contributed by atoms with van der Waals surface area (Å²) in [6, 6.07) is -0.712. The van der Waals surface area contributed by atoms with Crippen molar-refractivity contribution in [3.63, 3.8) is 0 Å². The van der Waals surface area contributed by atoms with Crippen LogP contribution in [0, 0.1) is 5.92 Å². The van der Waals surface area contributed by atoms with Gasteiger partial charge in [-0.15, -0.1) is 0 Å². The molecule has 1 fully saturated rings. The summed E-state index contributed by atoms with van der Waals surface area (Å²) in [5, 5.41) is 11.7. The van der Waals surface area contributed by atoms with Crippen molar-refractivity contribution in [1.29, 1.82) is 0 Å². The van der Waals surface area contributed by atoms with E-state index in [-0.39, 0.29) is 11.8 Å². The molecule has 0 aliphatic heterocycles. The predicted octanol–water partition coefficient (Wildman–Crippen LogP) is 2.33. The van der Waals surface area contributed by atoms with Crippen LogP contribution in [0.4, 0.5) is 0 Å². The van der Waals surface area contributed by atoms with Crippen LogP contribution in [0.25, 0.3) is 0 Å². The summed E-state index contributed by atoms with van der Waals surface area (Å²) in [6.45, 7) is 1.92. The zero-order valence-electron chi connectivity index (χ0n) is 10.6. The number of rotatable bonds is 5. The average molecular weight is 241 g/mol. The Balaban J connectivity index is 2.47. The first-order chi connectivity index (χ1) is 8.15. The molecule has 1 aliphatic carbocycles. The Kier molecular flexibility index (Phi) is 6.01. The maximum atomic E-state index is 12.0. The molecule has 1 aliphatic rings. The van der Waals surface area contributed by atoms with Crippen molar-refractivity contribution in [3.8, 4) is 0 Å². The molecular formula is C13H23NO3. The molecule has 0 aromatic rings. The second-order valence-electron chi connectivity index (χ2n) is 4.88. The minimum Gasteiger partial charge on any atom is -0.480 e. The van der Waals surface area contributed by atoms with Crippen molar-refractivity contribution in [2.24, 2.45) is 5.92 Å². The summed E-state index contributed by atoms with van der Waals surface area (Å²) >= 11 is 0. The summed E-state index contributed by atoms with van der Waals surface area (Å²) in [5.41, 5.74) is 0. The van der Waals surface area contributed by atoms with Gasteiger partial charge in [0.25, 0.3) is 0 Å². The van der Waals surface area contributed by atoms with E-state index in [1.807, 2.05) is 6.92 Å². The van der Waals surface area contributed by atoms with E-state index < -0.39 is 12.0 Å². The van der Waals surface area contributed by atoms with Crippen molar-refractivity contribution >= 4 is 11.9 Å². The molecule has 4 heteroatoms. The van der Waals surface area contributed by atoms with E-state index in [0.29, 0.717) is 6.42 Å². The molecule has 0 unspecified atom stereocenters. The van der Waals surface area contributed by atoms with Crippen molar-refractivity contribution < 1.29 is 14.7 Å². The molecule has 0 heterocycles. The molecule has 0 aromatic carbocycles. The lowest BCUT2D eigenvalue weighted by Crippen LogP contribution is -2.43. The minimum atomic E-state index is -0.922. The number of carbonyl (C=O) groups excluding carboxylic acids is 1. The van der Waals surface area contributed by atoms with Gasteiger partial charge in [0, 0.05) is 5.92 Å². The molecule has 0 spiro atoms. The Hall–Kier alpha value is -1.06. The molecule has 4 nitrogen and oxygen atoms in total. The Labute approximate surface area is 103 Å². The Bertz CT molecular complexity index is 257. The highest BCUT2D eigenvalue weighted by Gasteiger charge is 2.25. The third-order valence-electron chi connectivity index (χ3n) is 3.42. The van der Waals surface area contributed by atoms with Gasteiger partial charge >= 0.3 is 5.97 Å². The fourth-order valence-corrected chi connectivity index (χ4v) is 2.38. The maximum Gasteiger partial charge on any atom is 0.326 e. The van der Waals surface area contributed by atoms with Gasteiger partial charge < -0.3 is 10.4 Å². The van der Waals surface area contributed by atoms with Gasteiger partial charge in [-0.2, -0.15) is 0 Å². The van der Waals surface area contributed by atoms with Gasteiger partial charge in [0.15, 0.2) is 0 Å². The van der Waals surface area contributed by atoms with E-state index in [1.165, 1.54) is 12.8 Å². The average Bonchev–Trinajstić information content (AvgIpc) is 2.56. The fourth-order valence-electron chi connectivity index (χ4n) is 2.38. The summed E-state index contributed by atoms with van der Waals surface area (Å²) < 4.78 is 0. The minimum absolute atomic E-state index is 0.0243. The first-order valence-corrected chi connectivity index (χ1v) is 6.68. The topological polar surface area (TPSA) is 66.4 Å². The lowest BCUT2D eigenvalue weighted by atomic mass is 9.98. The molecule has 1 rings (SSSR count).